The summed E-state index contributed by atoms with van der Waals surface area (Å²) in [4.78, 5) is 8.39. The van der Waals surface area contributed by atoms with Crippen molar-refractivity contribution in [1.82, 2.24) is 15.3 Å². The van der Waals surface area contributed by atoms with E-state index < -0.39 is 0 Å². The van der Waals surface area contributed by atoms with E-state index in [1.165, 1.54) is 57.8 Å². The van der Waals surface area contributed by atoms with E-state index in [0.29, 0.717) is 22.8 Å². The summed E-state index contributed by atoms with van der Waals surface area (Å²) in [6.45, 7) is 3.11. The highest BCUT2D eigenvalue weighted by molar-refractivity contribution is 7.80. The summed E-state index contributed by atoms with van der Waals surface area (Å²) < 4.78 is 10.2. The van der Waals surface area contributed by atoms with Gasteiger partial charge in [0.05, 0.1) is 20.3 Å². The molecule has 0 aliphatic carbocycles. The van der Waals surface area contributed by atoms with E-state index in [1.54, 1.807) is 20.3 Å². The molecule has 26 heavy (non-hydrogen) atoms. The molecule has 1 aromatic heterocycles. The minimum Gasteiger partial charge on any atom is -0.481 e. The second-order valence-electron chi connectivity index (χ2n) is 6.34. The number of aromatic nitrogens is 2. The van der Waals surface area contributed by atoms with E-state index in [2.05, 4.69) is 27.5 Å². The van der Waals surface area contributed by atoms with Crippen molar-refractivity contribution >= 4 is 23.3 Å². The Hall–Kier alpha value is -1.63. The summed E-state index contributed by atoms with van der Waals surface area (Å²) in [5.41, 5.74) is 0. The smallest absolute Gasteiger partial charge is 0.235 e. The number of ether oxygens (including phenoxy) is 2. The van der Waals surface area contributed by atoms with E-state index in [9.17, 15) is 0 Å². The van der Waals surface area contributed by atoms with Gasteiger partial charge in [0.15, 0.2) is 5.11 Å². The third-order valence-corrected chi connectivity index (χ3v) is 4.39. The second kappa shape index (κ2) is 14.5. The van der Waals surface area contributed by atoms with Gasteiger partial charge in [-0.3, -0.25) is 0 Å². The van der Waals surface area contributed by atoms with Gasteiger partial charge in [-0.2, -0.15) is 9.97 Å². The van der Waals surface area contributed by atoms with Crippen LogP contribution in [-0.2, 0) is 0 Å². The van der Waals surface area contributed by atoms with Crippen molar-refractivity contribution in [2.75, 3.05) is 26.1 Å². The molecule has 2 N–H and O–H groups in total. The van der Waals surface area contributed by atoms with Crippen LogP contribution in [0.2, 0.25) is 0 Å². The summed E-state index contributed by atoms with van der Waals surface area (Å²) in [6, 6.07) is 1.62. The minimum absolute atomic E-state index is 0.363. The molecule has 0 aromatic carbocycles. The molecule has 0 saturated heterocycles. The van der Waals surface area contributed by atoms with Gasteiger partial charge in [-0.05, 0) is 18.6 Å². The normalized spacial score (nSPS) is 10.4. The van der Waals surface area contributed by atoms with Crippen molar-refractivity contribution in [2.45, 2.75) is 71.1 Å². The third-order valence-electron chi connectivity index (χ3n) is 4.14. The zero-order chi connectivity index (χ0) is 19.0. The second-order valence-corrected chi connectivity index (χ2v) is 6.75. The lowest BCUT2D eigenvalue weighted by Crippen LogP contribution is -2.30. The molecule has 0 atom stereocenters. The van der Waals surface area contributed by atoms with Crippen LogP contribution in [0.5, 0.6) is 11.8 Å². The highest BCUT2D eigenvalue weighted by atomic mass is 32.1. The molecule has 0 spiro atoms. The molecule has 0 fully saturated rings. The molecule has 1 rings (SSSR count). The third kappa shape index (κ3) is 10.4. The molecule has 6 nitrogen and oxygen atoms in total. The first kappa shape index (κ1) is 22.4. The molecule has 1 aromatic rings. The maximum Gasteiger partial charge on any atom is 0.235 e. The van der Waals surface area contributed by atoms with Gasteiger partial charge in [0, 0.05) is 6.54 Å². The number of methoxy groups -OCH3 is 2. The van der Waals surface area contributed by atoms with E-state index in [-0.39, 0.29) is 0 Å². The number of nitrogens with zero attached hydrogens (tertiary/aromatic N) is 2. The van der Waals surface area contributed by atoms with Crippen molar-refractivity contribution in [3.05, 3.63) is 6.07 Å². The van der Waals surface area contributed by atoms with Crippen LogP contribution in [-0.4, -0.2) is 35.8 Å². The van der Waals surface area contributed by atoms with Crippen molar-refractivity contribution in [1.29, 1.82) is 0 Å². The highest BCUT2D eigenvalue weighted by Gasteiger charge is 2.06. The molecule has 0 aliphatic rings. The fourth-order valence-corrected chi connectivity index (χ4v) is 2.82. The number of hydrogen-bond donors (Lipinski definition) is 2. The van der Waals surface area contributed by atoms with Gasteiger partial charge >= 0.3 is 0 Å². The first-order valence-electron chi connectivity index (χ1n) is 9.71. The van der Waals surface area contributed by atoms with Gasteiger partial charge in [0.25, 0.3) is 0 Å². The molecule has 1 heterocycles. The van der Waals surface area contributed by atoms with Gasteiger partial charge in [-0.15, -0.1) is 0 Å². The largest absolute Gasteiger partial charge is 0.481 e. The summed E-state index contributed by atoms with van der Waals surface area (Å²) in [6.07, 6.45) is 13.2. The Bertz CT molecular complexity index is 492. The molecule has 0 amide bonds. The molecule has 7 heteroatoms. The summed E-state index contributed by atoms with van der Waals surface area (Å²) in [7, 11) is 3.10. The van der Waals surface area contributed by atoms with Crippen LogP contribution in [0, 0.1) is 0 Å². The Morgan fingerprint density at radius 3 is 1.88 bits per heavy atom. The first-order chi connectivity index (χ1) is 12.7. The van der Waals surface area contributed by atoms with Crippen LogP contribution < -0.4 is 20.1 Å². The molecule has 0 aliphatic heterocycles. The van der Waals surface area contributed by atoms with Crippen LogP contribution in [0.1, 0.15) is 71.1 Å². The van der Waals surface area contributed by atoms with E-state index in [1.807, 2.05) is 0 Å². The lowest BCUT2D eigenvalue weighted by atomic mass is 10.1. The van der Waals surface area contributed by atoms with Crippen molar-refractivity contribution in [3.8, 4) is 11.8 Å². The van der Waals surface area contributed by atoms with Gasteiger partial charge in [-0.25, -0.2) is 0 Å². The van der Waals surface area contributed by atoms with Crippen LogP contribution in [0.3, 0.4) is 0 Å². The van der Waals surface area contributed by atoms with E-state index in [0.717, 1.165) is 13.0 Å². The molecule has 148 valence electrons. The molecule has 0 radical (unpaired) electrons. The number of thiocarbonyl (C=S) groups is 1. The fraction of sp³-hybridized carbons (Fsp3) is 0.737. The molecular formula is C19H34N4O2S. The Labute approximate surface area is 163 Å². The highest BCUT2D eigenvalue weighted by Crippen LogP contribution is 2.17. The molecular weight excluding hydrogens is 348 g/mol. The van der Waals surface area contributed by atoms with Crippen LogP contribution >= 0.6 is 12.2 Å². The maximum atomic E-state index is 5.28. The monoisotopic (exact) mass is 382 g/mol. The van der Waals surface area contributed by atoms with Gasteiger partial charge in [-0.1, -0.05) is 64.7 Å². The number of rotatable bonds is 14. The standard InChI is InChI=1S/C19H34N4O2S/c1-4-5-6-7-8-9-10-11-12-13-14-20-19(26)23-18-21-16(24-2)15-17(22-18)25-3/h15H,4-14H2,1-3H3,(H2,20,21,22,23,26). The first-order valence-corrected chi connectivity index (χ1v) is 10.1. The average molecular weight is 383 g/mol. The van der Waals surface area contributed by atoms with Gasteiger partial charge < -0.3 is 20.1 Å². The fourth-order valence-electron chi connectivity index (χ4n) is 2.63. The summed E-state index contributed by atoms with van der Waals surface area (Å²) in [5, 5.41) is 6.67. The van der Waals surface area contributed by atoms with E-state index in [4.69, 9.17) is 21.7 Å². The molecule has 0 unspecified atom stereocenters. The predicted molar refractivity (Wildman–Crippen MR) is 111 cm³/mol. The average Bonchev–Trinajstić information content (AvgIpc) is 2.65. The molecule has 0 bridgehead atoms. The van der Waals surface area contributed by atoms with E-state index >= 15 is 0 Å². The van der Waals surface area contributed by atoms with Crippen molar-refractivity contribution < 1.29 is 9.47 Å². The van der Waals surface area contributed by atoms with Crippen molar-refractivity contribution in [3.63, 3.8) is 0 Å². The SMILES string of the molecule is CCCCCCCCCCCCNC(=S)Nc1nc(OC)cc(OC)n1. The zero-order valence-electron chi connectivity index (χ0n) is 16.5. The topological polar surface area (TPSA) is 68.3 Å². The Morgan fingerprint density at radius 1 is 0.885 bits per heavy atom. The lowest BCUT2D eigenvalue weighted by Gasteiger charge is -2.11. The Morgan fingerprint density at radius 2 is 1.38 bits per heavy atom. The number of anilines is 1. The number of hydrogen-bond acceptors (Lipinski definition) is 5. The van der Waals surface area contributed by atoms with Crippen molar-refractivity contribution in [2.24, 2.45) is 0 Å². The van der Waals surface area contributed by atoms with Crippen LogP contribution in [0.15, 0.2) is 6.07 Å². The number of nitrogens with one attached hydrogen (secondary N) is 2. The Balaban J connectivity index is 2.08. The lowest BCUT2D eigenvalue weighted by molar-refractivity contribution is 0.373. The molecule has 0 saturated carbocycles. The summed E-state index contributed by atoms with van der Waals surface area (Å²) in [5.74, 6) is 1.22. The van der Waals surface area contributed by atoms with Gasteiger partial charge in [0.1, 0.15) is 0 Å². The zero-order valence-corrected chi connectivity index (χ0v) is 17.3. The summed E-state index contributed by atoms with van der Waals surface area (Å²) >= 11 is 5.28. The quantitative estimate of drug-likeness (QED) is 0.357. The van der Waals surface area contributed by atoms with Crippen LogP contribution in [0.25, 0.3) is 0 Å². The minimum atomic E-state index is 0.363. The Kier molecular flexibility index (Phi) is 12.5. The van der Waals surface area contributed by atoms with Crippen LogP contribution in [0.4, 0.5) is 5.95 Å². The number of unbranched alkanes of at least 4 members (excludes halogenated alkanes) is 9. The maximum absolute atomic E-state index is 5.28. The predicted octanol–water partition coefficient (Wildman–Crippen LogP) is 4.70. The van der Waals surface area contributed by atoms with Gasteiger partial charge in [0.2, 0.25) is 17.7 Å².